The van der Waals surface area contributed by atoms with Crippen LogP contribution in [-0.2, 0) is 11.3 Å². The summed E-state index contributed by atoms with van der Waals surface area (Å²) in [5.41, 5.74) is 0. The highest BCUT2D eigenvalue weighted by atomic mass is 32.1. The van der Waals surface area contributed by atoms with Crippen molar-refractivity contribution >= 4 is 16.5 Å². The van der Waals surface area contributed by atoms with Crippen LogP contribution in [0.4, 0.5) is 5.13 Å². The van der Waals surface area contributed by atoms with Crippen molar-refractivity contribution < 1.29 is 4.74 Å². The molecule has 1 aromatic heterocycles. The van der Waals surface area contributed by atoms with E-state index in [4.69, 9.17) is 10.00 Å². The molecule has 6 nitrogen and oxygen atoms in total. The molecule has 7 heteroatoms. The summed E-state index contributed by atoms with van der Waals surface area (Å²) in [6.07, 6.45) is 1.58. The van der Waals surface area contributed by atoms with Crippen LogP contribution in [0.1, 0.15) is 24.8 Å². The first-order valence-corrected chi connectivity index (χ1v) is 7.26. The average Bonchev–Trinajstić information content (AvgIpc) is 2.87. The maximum atomic E-state index is 8.66. The molecule has 1 N–H and O–H groups in total. The minimum absolute atomic E-state index is 0.517. The third-order valence-electron chi connectivity index (χ3n) is 2.50. The zero-order chi connectivity index (χ0) is 13.9. The number of rotatable bonds is 10. The molecule has 1 rings (SSSR count). The number of nitrogens with one attached hydrogen (secondary N) is 1. The van der Waals surface area contributed by atoms with Gasteiger partial charge in [-0.2, -0.15) is 5.26 Å². The number of nitriles is 1. The van der Waals surface area contributed by atoms with Gasteiger partial charge in [0.05, 0.1) is 19.2 Å². The van der Waals surface area contributed by atoms with Crippen molar-refractivity contribution in [3.8, 4) is 6.07 Å². The first-order valence-electron chi connectivity index (χ1n) is 6.44. The Balaban J connectivity index is 2.47. The third-order valence-corrected chi connectivity index (χ3v) is 3.37. The molecule has 0 aliphatic carbocycles. The molecule has 0 aliphatic heterocycles. The van der Waals surface area contributed by atoms with E-state index in [1.54, 1.807) is 18.4 Å². The molecule has 0 radical (unpaired) electrons. The highest BCUT2D eigenvalue weighted by Crippen LogP contribution is 2.16. The van der Waals surface area contributed by atoms with E-state index >= 15 is 0 Å². The van der Waals surface area contributed by atoms with Gasteiger partial charge >= 0.3 is 0 Å². The molecule has 1 heterocycles. The lowest BCUT2D eigenvalue weighted by Crippen LogP contribution is -2.27. The molecule has 0 bridgehead atoms. The van der Waals surface area contributed by atoms with Gasteiger partial charge < -0.3 is 10.1 Å². The second-order valence-electron chi connectivity index (χ2n) is 4.10. The number of aromatic nitrogens is 2. The van der Waals surface area contributed by atoms with Gasteiger partial charge in [0.15, 0.2) is 0 Å². The summed E-state index contributed by atoms with van der Waals surface area (Å²) in [5.74, 6) is 0. The lowest BCUT2D eigenvalue weighted by Gasteiger charge is -2.18. The molecule has 1 aromatic rings. The molecular formula is C12H21N5OS. The first-order chi connectivity index (χ1) is 9.30. The van der Waals surface area contributed by atoms with Crippen molar-refractivity contribution in [2.45, 2.75) is 26.3 Å². The van der Waals surface area contributed by atoms with Crippen molar-refractivity contribution in [2.75, 3.05) is 38.7 Å². The molecule has 0 spiro atoms. The summed E-state index contributed by atoms with van der Waals surface area (Å²) in [6.45, 7) is 5.94. The Hall–Kier alpha value is -1.23. The summed E-state index contributed by atoms with van der Waals surface area (Å²) < 4.78 is 5.08. The van der Waals surface area contributed by atoms with Crippen LogP contribution < -0.4 is 5.32 Å². The molecular weight excluding hydrogens is 262 g/mol. The number of anilines is 1. The van der Waals surface area contributed by atoms with Gasteiger partial charge in [0, 0.05) is 33.2 Å². The van der Waals surface area contributed by atoms with Crippen LogP contribution in [0.25, 0.3) is 0 Å². The third kappa shape index (κ3) is 6.47. The fourth-order valence-electron chi connectivity index (χ4n) is 1.51. The highest BCUT2D eigenvalue weighted by Gasteiger charge is 2.10. The van der Waals surface area contributed by atoms with Gasteiger partial charge in [-0.05, 0) is 6.42 Å². The molecule has 0 saturated carbocycles. The summed E-state index contributed by atoms with van der Waals surface area (Å²) in [5, 5.41) is 22.0. The lowest BCUT2D eigenvalue weighted by molar-refractivity contribution is 0.145. The quantitative estimate of drug-likeness (QED) is 0.705. The van der Waals surface area contributed by atoms with Crippen LogP contribution in [0.15, 0.2) is 0 Å². The highest BCUT2D eigenvalue weighted by molar-refractivity contribution is 7.15. The van der Waals surface area contributed by atoms with Crippen molar-refractivity contribution in [1.29, 1.82) is 5.26 Å². The number of nitrogens with zero attached hydrogens (tertiary/aromatic N) is 4. The fraction of sp³-hybridized carbons (Fsp3) is 0.750. The van der Waals surface area contributed by atoms with Gasteiger partial charge in [-0.3, -0.25) is 4.90 Å². The number of hydrogen-bond donors (Lipinski definition) is 1. The van der Waals surface area contributed by atoms with Gasteiger partial charge in [-0.25, -0.2) is 0 Å². The van der Waals surface area contributed by atoms with Gasteiger partial charge in [0.2, 0.25) is 5.13 Å². The number of hydrogen-bond acceptors (Lipinski definition) is 7. The summed E-state index contributed by atoms with van der Waals surface area (Å²) >= 11 is 1.57. The Morgan fingerprint density at radius 2 is 2.26 bits per heavy atom. The molecule has 0 fully saturated rings. The van der Waals surface area contributed by atoms with Crippen molar-refractivity contribution in [2.24, 2.45) is 0 Å². The van der Waals surface area contributed by atoms with Crippen molar-refractivity contribution in [3.63, 3.8) is 0 Å². The van der Waals surface area contributed by atoms with E-state index in [2.05, 4.69) is 33.4 Å². The minimum atomic E-state index is 0.517. The van der Waals surface area contributed by atoms with Crippen molar-refractivity contribution in [3.05, 3.63) is 5.01 Å². The summed E-state index contributed by atoms with van der Waals surface area (Å²) in [4.78, 5) is 2.16. The predicted molar refractivity (Wildman–Crippen MR) is 76.1 cm³/mol. The molecule has 106 valence electrons. The minimum Gasteiger partial charge on any atom is -0.383 e. The fourth-order valence-corrected chi connectivity index (χ4v) is 2.32. The normalized spacial score (nSPS) is 10.6. The van der Waals surface area contributed by atoms with Gasteiger partial charge in [-0.1, -0.05) is 18.3 Å². The second kappa shape index (κ2) is 9.67. The van der Waals surface area contributed by atoms with Crippen LogP contribution in [0.3, 0.4) is 0 Å². The Morgan fingerprint density at radius 1 is 1.42 bits per heavy atom. The maximum Gasteiger partial charge on any atom is 0.205 e. The Labute approximate surface area is 118 Å². The molecule has 0 unspecified atom stereocenters. The maximum absolute atomic E-state index is 8.66. The number of ether oxygens (including phenoxy) is 1. The molecule has 0 aromatic carbocycles. The second-order valence-corrected chi connectivity index (χ2v) is 5.17. The topological polar surface area (TPSA) is 74.1 Å². The average molecular weight is 283 g/mol. The van der Waals surface area contributed by atoms with E-state index in [1.807, 2.05) is 0 Å². The Morgan fingerprint density at radius 3 is 2.95 bits per heavy atom. The molecule has 19 heavy (non-hydrogen) atoms. The van der Waals surface area contributed by atoms with E-state index in [0.29, 0.717) is 13.0 Å². The van der Waals surface area contributed by atoms with E-state index in [0.717, 1.165) is 42.7 Å². The summed E-state index contributed by atoms with van der Waals surface area (Å²) in [6, 6.07) is 2.17. The van der Waals surface area contributed by atoms with E-state index in [9.17, 15) is 0 Å². The van der Waals surface area contributed by atoms with E-state index in [1.165, 1.54) is 0 Å². The SMILES string of the molecule is CCCNc1nnc(CN(CCC#N)CCOC)s1. The Bertz CT molecular complexity index is 390. The van der Waals surface area contributed by atoms with E-state index < -0.39 is 0 Å². The van der Waals surface area contributed by atoms with Gasteiger partial charge in [0.1, 0.15) is 5.01 Å². The molecule has 0 saturated heterocycles. The lowest BCUT2D eigenvalue weighted by atomic mass is 10.4. The largest absolute Gasteiger partial charge is 0.383 e. The monoisotopic (exact) mass is 283 g/mol. The van der Waals surface area contributed by atoms with Crippen LogP contribution in [0.5, 0.6) is 0 Å². The van der Waals surface area contributed by atoms with Crippen LogP contribution in [0.2, 0.25) is 0 Å². The van der Waals surface area contributed by atoms with Gasteiger partial charge in [-0.15, -0.1) is 10.2 Å². The van der Waals surface area contributed by atoms with Crippen molar-refractivity contribution in [1.82, 2.24) is 15.1 Å². The molecule has 0 amide bonds. The zero-order valence-electron chi connectivity index (χ0n) is 11.6. The Kier molecular flexibility index (Phi) is 8.05. The standard InChI is InChI=1S/C12H21N5OS/c1-3-6-14-12-16-15-11(19-12)10-17(7-4-5-13)8-9-18-2/h3-4,6-10H2,1-2H3,(H,14,16). The van der Waals surface area contributed by atoms with Gasteiger partial charge in [0.25, 0.3) is 0 Å². The number of methoxy groups -OCH3 is 1. The summed E-state index contributed by atoms with van der Waals surface area (Å²) in [7, 11) is 1.68. The van der Waals surface area contributed by atoms with Crippen LogP contribution >= 0.6 is 11.3 Å². The zero-order valence-corrected chi connectivity index (χ0v) is 12.4. The van der Waals surface area contributed by atoms with E-state index in [-0.39, 0.29) is 0 Å². The smallest absolute Gasteiger partial charge is 0.205 e. The van der Waals surface area contributed by atoms with Crippen LogP contribution in [-0.4, -0.2) is 48.4 Å². The molecule has 0 aliphatic rings. The molecule has 0 atom stereocenters. The first kappa shape index (κ1) is 15.8. The predicted octanol–water partition coefficient (Wildman–Crippen LogP) is 1.72. The van der Waals surface area contributed by atoms with Crippen LogP contribution in [0, 0.1) is 11.3 Å².